The summed E-state index contributed by atoms with van der Waals surface area (Å²) >= 11 is 0. The average molecular weight is 451 g/mol. The Morgan fingerprint density at radius 2 is 1.50 bits per heavy atom. The number of ether oxygens (including phenoxy) is 4. The van der Waals surface area contributed by atoms with Gasteiger partial charge >= 0.3 is 12.3 Å². The molecule has 0 amide bonds. The van der Waals surface area contributed by atoms with E-state index < -0.39 is 18.4 Å². The number of fused-ring (bicyclic) bond motifs is 5. The van der Waals surface area contributed by atoms with E-state index in [1.165, 1.54) is 19.8 Å². The summed E-state index contributed by atoms with van der Waals surface area (Å²) in [6.45, 7) is 8.39. The molecule has 0 N–H and O–H groups in total. The Bertz CT molecular complexity index is 774. The molecule has 0 aliphatic heterocycles. The van der Waals surface area contributed by atoms with E-state index >= 15 is 0 Å². The van der Waals surface area contributed by atoms with E-state index in [0.29, 0.717) is 24.5 Å². The molecular weight excluding hydrogens is 412 g/mol. The third-order valence-corrected chi connectivity index (χ3v) is 8.60. The highest BCUT2D eigenvalue weighted by molar-refractivity contribution is 5.87. The first-order valence-corrected chi connectivity index (χ1v) is 12.0. The molecule has 7 heteroatoms. The van der Waals surface area contributed by atoms with Crippen molar-refractivity contribution in [1.29, 1.82) is 0 Å². The molecule has 3 saturated carbocycles. The molecule has 0 spiro atoms. The Labute approximate surface area is 191 Å². The van der Waals surface area contributed by atoms with Crippen molar-refractivity contribution in [2.75, 3.05) is 14.2 Å². The van der Waals surface area contributed by atoms with Crippen LogP contribution in [0.4, 0.5) is 9.59 Å². The Morgan fingerprint density at radius 3 is 2.16 bits per heavy atom. The van der Waals surface area contributed by atoms with Gasteiger partial charge < -0.3 is 18.9 Å². The fourth-order valence-electron chi connectivity index (χ4n) is 6.92. The summed E-state index contributed by atoms with van der Waals surface area (Å²) in [4.78, 5) is 36.4. The molecule has 0 saturated heterocycles. The van der Waals surface area contributed by atoms with Crippen molar-refractivity contribution in [3.8, 4) is 0 Å². The Kier molecular flexibility index (Phi) is 7.25. The van der Waals surface area contributed by atoms with E-state index in [2.05, 4.69) is 24.7 Å². The third-order valence-electron chi connectivity index (χ3n) is 8.60. The topological polar surface area (TPSA) is 88.1 Å². The van der Waals surface area contributed by atoms with E-state index in [1.807, 2.05) is 13.8 Å². The van der Waals surface area contributed by atoms with Crippen molar-refractivity contribution in [3.05, 3.63) is 11.6 Å². The Hall–Kier alpha value is -2.05. The lowest BCUT2D eigenvalue weighted by molar-refractivity contribution is -0.136. The van der Waals surface area contributed by atoms with Crippen LogP contribution in [0.2, 0.25) is 0 Å². The minimum absolute atomic E-state index is 0.0520. The molecular formula is C25H38O7. The van der Waals surface area contributed by atoms with Gasteiger partial charge in [0.05, 0.1) is 14.2 Å². The van der Waals surface area contributed by atoms with Crippen LogP contribution in [-0.4, -0.2) is 44.5 Å². The molecule has 4 rings (SSSR count). The van der Waals surface area contributed by atoms with Gasteiger partial charge in [-0.25, -0.2) is 9.59 Å². The lowest BCUT2D eigenvalue weighted by Gasteiger charge is -2.58. The fourth-order valence-corrected chi connectivity index (χ4v) is 6.92. The number of hydrogen-bond acceptors (Lipinski definition) is 7. The Balaban J connectivity index is 0.00000141. The SMILES string of the molecule is CC.COC(=O)O[C@H]1CC[C@@]2(C)C(=C[C@H](OC(=O)OC)C3C2CC[C@]2(C)C(=O)CCC32)C1. The predicted molar refractivity (Wildman–Crippen MR) is 118 cm³/mol. The van der Waals surface area contributed by atoms with Gasteiger partial charge in [-0.2, -0.15) is 0 Å². The zero-order valence-electron chi connectivity index (χ0n) is 20.3. The van der Waals surface area contributed by atoms with Crippen LogP contribution in [0.25, 0.3) is 0 Å². The molecule has 0 aromatic carbocycles. The van der Waals surface area contributed by atoms with Gasteiger partial charge in [0.15, 0.2) is 0 Å². The summed E-state index contributed by atoms with van der Waals surface area (Å²) in [7, 11) is 2.62. The first kappa shape index (κ1) is 24.6. The second-order valence-corrected chi connectivity index (χ2v) is 9.79. The summed E-state index contributed by atoms with van der Waals surface area (Å²) in [5.74, 6) is 0.964. The third kappa shape index (κ3) is 4.03. The lowest BCUT2D eigenvalue weighted by atomic mass is 9.47. The quantitative estimate of drug-likeness (QED) is 0.408. The van der Waals surface area contributed by atoms with Gasteiger partial charge in [-0.3, -0.25) is 4.79 Å². The van der Waals surface area contributed by atoms with Gasteiger partial charge in [0.2, 0.25) is 0 Å². The van der Waals surface area contributed by atoms with Gasteiger partial charge in [0.25, 0.3) is 0 Å². The highest BCUT2D eigenvalue weighted by atomic mass is 16.7. The summed E-state index contributed by atoms with van der Waals surface area (Å²) in [5.41, 5.74) is 0.792. The zero-order chi connectivity index (χ0) is 23.7. The predicted octanol–water partition coefficient (Wildman–Crippen LogP) is 5.46. The first-order valence-electron chi connectivity index (χ1n) is 12.0. The minimum Gasteiger partial charge on any atom is -0.438 e. The molecule has 3 fully saturated rings. The number of Topliss-reactive ketones (excluding diaryl/α,β-unsaturated/α-hetero) is 1. The van der Waals surface area contributed by atoms with Gasteiger partial charge in [-0.05, 0) is 55.4 Å². The highest BCUT2D eigenvalue weighted by Gasteiger charge is 2.61. The van der Waals surface area contributed by atoms with Crippen LogP contribution in [0, 0.1) is 28.6 Å². The maximum atomic E-state index is 12.7. The smallest absolute Gasteiger partial charge is 0.438 e. The normalized spacial score (nSPS) is 39.8. The van der Waals surface area contributed by atoms with Gasteiger partial charge in [0.1, 0.15) is 18.0 Å². The van der Waals surface area contributed by atoms with Crippen molar-refractivity contribution in [1.82, 2.24) is 0 Å². The lowest BCUT2D eigenvalue weighted by Crippen LogP contribution is -2.55. The molecule has 0 heterocycles. The van der Waals surface area contributed by atoms with Crippen molar-refractivity contribution in [2.45, 2.75) is 84.8 Å². The Morgan fingerprint density at radius 1 is 0.906 bits per heavy atom. The molecule has 7 atom stereocenters. The molecule has 7 nitrogen and oxygen atoms in total. The summed E-state index contributed by atoms with van der Waals surface area (Å²) < 4.78 is 20.6. The van der Waals surface area contributed by atoms with Crippen LogP contribution >= 0.6 is 0 Å². The molecule has 0 radical (unpaired) electrons. The fraction of sp³-hybridized carbons (Fsp3) is 0.800. The molecule has 4 aliphatic rings. The van der Waals surface area contributed by atoms with E-state index in [1.54, 1.807) is 0 Å². The molecule has 0 aromatic heterocycles. The maximum Gasteiger partial charge on any atom is 0.508 e. The molecule has 180 valence electrons. The van der Waals surface area contributed by atoms with E-state index in [-0.39, 0.29) is 28.8 Å². The van der Waals surface area contributed by atoms with Crippen LogP contribution < -0.4 is 0 Å². The van der Waals surface area contributed by atoms with Crippen LogP contribution in [0.15, 0.2) is 11.6 Å². The number of carbonyl (C=O) groups is 3. The molecule has 32 heavy (non-hydrogen) atoms. The van der Waals surface area contributed by atoms with Crippen molar-refractivity contribution >= 4 is 18.1 Å². The van der Waals surface area contributed by atoms with Crippen LogP contribution in [0.3, 0.4) is 0 Å². The number of methoxy groups -OCH3 is 2. The standard InChI is InChI=1S/C23H32O7.C2H6/c1-22-9-7-14(29-20(25)27-3)11-13(22)12-17(30-21(26)28-4)19-15-5-6-18(24)23(15,2)10-8-16(19)22;1-2/h12,14-17,19H,5-11H2,1-4H3;1-2H3/t14-,15?,16?,17-,19?,22-,23-;/m0./s1. The summed E-state index contributed by atoms with van der Waals surface area (Å²) in [6.07, 6.45) is 5.56. The minimum atomic E-state index is -0.700. The number of carbonyl (C=O) groups excluding carboxylic acids is 3. The summed E-state index contributed by atoms with van der Waals surface area (Å²) in [5, 5.41) is 0. The highest BCUT2D eigenvalue weighted by Crippen LogP contribution is 2.64. The summed E-state index contributed by atoms with van der Waals surface area (Å²) in [6, 6.07) is 0. The molecule has 0 bridgehead atoms. The molecule has 3 unspecified atom stereocenters. The van der Waals surface area contributed by atoms with Crippen LogP contribution in [-0.2, 0) is 23.7 Å². The number of rotatable bonds is 2. The monoisotopic (exact) mass is 450 g/mol. The van der Waals surface area contributed by atoms with Crippen molar-refractivity contribution < 1.29 is 33.3 Å². The van der Waals surface area contributed by atoms with Gasteiger partial charge in [0, 0.05) is 24.2 Å². The maximum absolute atomic E-state index is 12.7. The van der Waals surface area contributed by atoms with Gasteiger partial charge in [-0.1, -0.05) is 33.3 Å². The molecule has 4 aliphatic carbocycles. The second-order valence-electron chi connectivity index (χ2n) is 9.79. The largest absolute Gasteiger partial charge is 0.508 e. The second kappa shape index (κ2) is 9.44. The van der Waals surface area contributed by atoms with Crippen molar-refractivity contribution in [2.24, 2.45) is 28.6 Å². The number of hydrogen-bond donors (Lipinski definition) is 0. The van der Waals surface area contributed by atoms with E-state index in [9.17, 15) is 14.4 Å². The zero-order valence-corrected chi connectivity index (χ0v) is 20.3. The van der Waals surface area contributed by atoms with Crippen LogP contribution in [0.1, 0.15) is 72.6 Å². The van der Waals surface area contributed by atoms with Gasteiger partial charge in [-0.15, -0.1) is 0 Å². The van der Waals surface area contributed by atoms with Crippen LogP contribution in [0.5, 0.6) is 0 Å². The van der Waals surface area contributed by atoms with E-state index in [0.717, 1.165) is 32.1 Å². The van der Waals surface area contributed by atoms with E-state index in [4.69, 9.17) is 14.2 Å². The molecule has 0 aromatic rings. The van der Waals surface area contributed by atoms with Crippen molar-refractivity contribution in [3.63, 3.8) is 0 Å². The average Bonchev–Trinajstić information content (AvgIpc) is 3.10. The first-order chi connectivity index (χ1) is 15.2. The number of ketones is 1.